The van der Waals surface area contributed by atoms with Crippen LogP contribution in [0, 0.1) is 5.92 Å². The van der Waals surface area contributed by atoms with E-state index in [0.717, 1.165) is 17.7 Å². The molecule has 3 amide bonds. The van der Waals surface area contributed by atoms with Crippen LogP contribution in [0.15, 0.2) is 54.7 Å². The molecule has 0 radical (unpaired) electrons. The summed E-state index contributed by atoms with van der Waals surface area (Å²) < 4.78 is 5.36. The zero-order valence-corrected chi connectivity index (χ0v) is 21.9. The highest BCUT2D eigenvalue weighted by Gasteiger charge is 2.39. The smallest absolute Gasteiger partial charge is 0.408 e. The molecule has 1 aliphatic rings. The number of carbonyl (C=O) groups is 3. The molecule has 0 bridgehead atoms. The van der Waals surface area contributed by atoms with Crippen LogP contribution in [0.2, 0.25) is 0 Å². The third kappa shape index (κ3) is 7.54. The molecule has 8 nitrogen and oxygen atoms in total. The number of carbonyl (C=O) groups excluding carboxylic acids is 3. The van der Waals surface area contributed by atoms with Crippen molar-refractivity contribution in [1.82, 2.24) is 20.5 Å². The van der Waals surface area contributed by atoms with E-state index >= 15 is 0 Å². The SMILES string of the molecule is CC(C)[C@H](NC(=O)OC(C)(C)C)C(=O)N1CCC[C@H]1C(=O)NC(Cc1ccccn1)c1ccccc1. The van der Waals surface area contributed by atoms with Crippen LogP contribution in [0.5, 0.6) is 0 Å². The Bertz CT molecular complexity index is 1020. The van der Waals surface area contributed by atoms with Crippen molar-refractivity contribution in [3.05, 3.63) is 66.0 Å². The summed E-state index contributed by atoms with van der Waals surface area (Å²) in [5, 5.41) is 5.88. The van der Waals surface area contributed by atoms with E-state index in [4.69, 9.17) is 4.74 Å². The molecule has 1 aliphatic heterocycles. The summed E-state index contributed by atoms with van der Waals surface area (Å²) in [6.07, 6.45) is 2.91. The molecule has 1 unspecified atom stereocenters. The second kappa shape index (κ2) is 12.0. The number of ether oxygens (including phenoxy) is 1. The van der Waals surface area contributed by atoms with E-state index in [0.29, 0.717) is 19.4 Å². The number of rotatable bonds is 8. The van der Waals surface area contributed by atoms with Gasteiger partial charge >= 0.3 is 6.09 Å². The molecule has 194 valence electrons. The number of amides is 3. The quantitative estimate of drug-likeness (QED) is 0.577. The van der Waals surface area contributed by atoms with Gasteiger partial charge in [-0.1, -0.05) is 50.2 Å². The summed E-state index contributed by atoms with van der Waals surface area (Å²) in [5.41, 5.74) is 1.16. The van der Waals surface area contributed by atoms with E-state index in [2.05, 4.69) is 15.6 Å². The van der Waals surface area contributed by atoms with Crippen LogP contribution < -0.4 is 10.6 Å². The predicted octanol–water partition coefficient (Wildman–Crippen LogP) is 4.02. The summed E-state index contributed by atoms with van der Waals surface area (Å²) >= 11 is 0. The first-order chi connectivity index (χ1) is 17.0. The topological polar surface area (TPSA) is 101 Å². The van der Waals surface area contributed by atoms with Gasteiger partial charge in [-0.3, -0.25) is 14.6 Å². The first-order valence-corrected chi connectivity index (χ1v) is 12.6. The van der Waals surface area contributed by atoms with E-state index in [-0.39, 0.29) is 23.8 Å². The van der Waals surface area contributed by atoms with E-state index in [1.165, 1.54) is 0 Å². The van der Waals surface area contributed by atoms with Gasteiger partial charge < -0.3 is 20.3 Å². The number of pyridine rings is 1. The Hall–Kier alpha value is -3.42. The summed E-state index contributed by atoms with van der Waals surface area (Å²) in [4.78, 5) is 45.4. The summed E-state index contributed by atoms with van der Waals surface area (Å²) in [7, 11) is 0. The minimum Gasteiger partial charge on any atom is -0.444 e. The van der Waals surface area contributed by atoms with Crippen LogP contribution in [0.1, 0.15) is 64.8 Å². The van der Waals surface area contributed by atoms with Gasteiger partial charge in [0.2, 0.25) is 11.8 Å². The summed E-state index contributed by atoms with van der Waals surface area (Å²) in [5.74, 6) is -0.643. The van der Waals surface area contributed by atoms with E-state index < -0.39 is 23.8 Å². The van der Waals surface area contributed by atoms with Gasteiger partial charge in [0, 0.05) is 24.9 Å². The third-order valence-electron chi connectivity index (χ3n) is 6.10. The Morgan fingerprint density at radius 1 is 1.06 bits per heavy atom. The highest BCUT2D eigenvalue weighted by Crippen LogP contribution is 2.23. The van der Waals surface area contributed by atoms with Crippen LogP contribution in [0.3, 0.4) is 0 Å². The number of nitrogens with one attached hydrogen (secondary N) is 2. The molecular weight excluding hydrogens is 456 g/mol. The molecule has 1 saturated heterocycles. The van der Waals surface area contributed by atoms with Crippen molar-refractivity contribution in [1.29, 1.82) is 0 Å². The first kappa shape index (κ1) is 27.2. The van der Waals surface area contributed by atoms with Crippen molar-refractivity contribution in [2.45, 2.75) is 77.6 Å². The third-order valence-corrected chi connectivity index (χ3v) is 6.10. The van der Waals surface area contributed by atoms with Gasteiger partial charge in [-0.15, -0.1) is 0 Å². The van der Waals surface area contributed by atoms with E-state index in [1.807, 2.05) is 62.4 Å². The molecule has 2 N–H and O–H groups in total. The molecule has 8 heteroatoms. The number of hydrogen-bond acceptors (Lipinski definition) is 5. The zero-order valence-electron chi connectivity index (χ0n) is 21.9. The van der Waals surface area contributed by atoms with Crippen LogP contribution in [-0.2, 0) is 20.7 Å². The van der Waals surface area contributed by atoms with Crippen molar-refractivity contribution in [2.24, 2.45) is 5.92 Å². The zero-order chi connectivity index (χ0) is 26.3. The lowest BCUT2D eigenvalue weighted by atomic mass is 10.00. The van der Waals surface area contributed by atoms with Gasteiger partial charge in [0.05, 0.1) is 6.04 Å². The molecule has 1 fully saturated rings. The first-order valence-electron chi connectivity index (χ1n) is 12.6. The molecule has 36 heavy (non-hydrogen) atoms. The van der Waals surface area contributed by atoms with Crippen molar-refractivity contribution in [3.8, 4) is 0 Å². The standard InChI is InChI=1S/C28H38N4O4/c1-19(2)24(31-27(35)36-28(3,4)5)26(34)32-17-11-15-23(32)25(33)30-22(20-12-7-6-8-13-20)18-21-14-9-10-16-29-21/h6-10,12-14,16,19,22-24H,11,15,17-18H2,1-5H3,(H,30,33)(H,31,35)/t22?,23-,24-/m0/s1. The minimum atomic E-state index is -0.785. The number of likely N-dealkylation sites (tertiary alicyclic amines) is 1. The predicted molar refractivity (Wildman–Crippen MR) is 138 cm³/mol. The molecule has 0 saturated carbocycles. The summed E-state index contributed by atoms with van der Waals surface area (Å²) in [6.45, 7) is 9.51. The largest absolute Gasteiger partial charge is 0.444 e. The lowest BCUT2D eigenvalue weighted by Crippen LogP contribution is -2.56. The highest BCUT2D eigenvalue weighted by molar-refractivity contribution is 5.92. The Kier molecular flexibility index (Phi) is 9.07. The van der Waals surface area contributed by atoms with Gasteiger partial charge in [0.1, 0.15) is 17.7 Å². The monoisotopic (exact) mass is 494 g/mol. The minimum absolute atomic E-state index is 0.171. The fourth-order valence-electron chi connectivity index (χ4n) is 4.36. The average Bonchev–Trinajstić information content (AvgIpc) is 3.32. The van der Waals surface area contributed by atoms with E-state index in [1.54, 1.807) is 31.9 Å². The molecular formula is C28H38N4O4. The fraction of sp³-hybridized carbons (Fsp3) is 0.500. The second-order valence-electron chi connectivity index (χ2n) is 10.6. The van der Waals surface area contributed by atoms with Crippen LogP contribution >= 0.6 is 0 Å². The van der Waals surface area contributed by atoms with E-state index in [9.17, 15) is 14.4 Å². The molecule has 0 spiro atoms. The number of alkyl carbamates (subject to hydrolysis) is 1. The maximum absolute atomic E-state index is 13.5. The van der Waals surface area contributed by atoms with Crippen LogP contribution in [0.4, 0.5) is 4.79 Å². The molecule has 2 heterocycles. The molecule has 1 aromatic heterocycles. The van der Waals surface area contributed by atoms with Gasteiger partial charge in [0.15, 0.2) is 0 Å². The van der Waals surface area contributed by atoms with Crippen LogP contribution in [-0.4, -0.2) is 52.0 Å². The Morgan fingerprint density at radius 3 is 2.36 bits per heavy atom. The normalized spacial score (nSPS) is 17.4. The second-order valence-corrected chi connectivity index (χ2v) is 10.6. The number of benzene rings is 1. The Balaban J connectivity index is 1.74. The summed E-state index contributed by atoms with van der Waals surface area (Å²) in [6, 6.07) is 13.8. The van der Waals surface area contributed by atoms with Crippen molar-refractivity contribution < 1.29 is 19.1 Å². The van der Waals surface area contributed by atoms with Gasteiger partial charge in [0.25, 0.3) is 0 Å². The maximum atomic E-state index is 13.5. The Morgan fingerprint density at radius 2 is 1.75 bits per heavy atom. The fourth-order valence-corrected chi connectivity index (χ4v) is 4.36. The maximum Gasteiger partial charge on any atom is 0.408 e. The van der Waals surface area contributed by atoms with Crippen molar-refractivity contribution >= 4 is 17.9 Å². The van der Waals surface area contributed by atoms with Crippen molar-refractivity contribution in [3.63, 3.8) is 0 Å². The number of hydrogen-bond donors (Lipinski definition) is 2. The number of nitrogens with zero attached hydrogens (tertiary/aromatic N) is 2. The lowest BCUT2D eigenvalue weighted by molar-refractivity contribution is -0.141. The molecule has 0 aliphatic carbocycles. The highest BCUT2D eigenvalue weighted by atomic mass is 16.6. The molecule has 1 aromatic carbocycles. The van der Waals surface area contributed by atoms with Gasteiger partial charge in [-0.25, -0.2) is 4.79 Å². The average molecular weight is 495 g/mol. The molecule has 3 atom stereocenters. The number of aromatic nitrogens is 1. The van der Waals surface area contributed by atoms with Crippen molar-refractivity contribution in [2.75, 3.05) is 6.54 Å². The van der Waals surface area contributed by atoms with Gasteiger partial charge in [-0.05, 0) is 57.2 Å². The molecule has 3 rings (SSSR count). The van der Waals surface area contributed by atoms with Gasteiger partial charge in [-0.2, -0.15) is 0 Å². The van der Waals surface area contributed by atoms with Crippen LogP contribution in [0.25, 0.3) is 0 Å². The lowest BCUT2D eigenvalue weighted by Gasteiger charge is -2.32. The molecule has 2 aromatic rings. The Labute approximate surface area is 213 Å².